The van der Waals surface area contributed by atoms with Crippen LogP contribution in [0, 0.1) is 5.82 Å². The van der Waals surface area contributed by atoms with Crippen LogP contribution in [-0.4, -0.2) is 4.98 Å². The van der Waals surface area contributed by atoms with E-state index in [4.69, 9.17) is 17.3 Å². The van der Waals surface area contributed by atoms with E-state index >= 15 is 0 Å². The van der Waals surface area contributed by atoms with E-state index in [1.807, 2.05) is 0 Å². The van der Waals surface area contributed by atoms with Gasteiger partial charge >= 0.3 is 0 Å². The fraction of sp³-hybridized carbons (Fsp3) is 0.286. The van der Waals surface area contributed by atoms with Crippen molar-refractivity contribution in [1.29, 1.82) is 0 Å². The Morgan fingerprint density at radius 3 is 2.54 bits per heavy atom. The molecule has 72 valence electrons. The van der Waals surface area contributed by atoms with E-state index < -0.39 is 17.9 Å². The zero-order chi connectivity index (χ0) is 10.0. The molecule has 0 saturated heterocycles. The highest BCUT2D eigenvalue weighted by Crippen LogP contribution is 2.23. The van der Waals surface area contributed by atoms with Crippen molar-refractivity contribution in [3.05, 3.63) is 23.1 Å². The molecule has 0 aliphatic heterocycles. The van der Waals surface area contributed by atoms with Crippen LogP contribution < -0.4 is 5.73 Å². The molecule has 6 heteroatoms. The van der Waals surface area contributed by atoms with Crippen LogP contribution in [0.1, 0.15) is 17.7 Å². The largest absolute Gasteiger partial charge is 0.383 e. The molecule has 0 unspecified atom stereocenters. The van der Waals surface area contributed by atoms with E-state index in [9.17, 15) is 13.2 Å². The Morgan fingerprint density at radius 2 is 2.15 bits per heavy atom. The molecule has 0 amide bonds. The molecule has 1 aromatic heterocycles. The Bertz CT molecular complexity index is 294. The third-order valence-corrected chi connectivity index (χ3v) is 1.75. The number of hydrogen-bond acceptors (Lipinski definition) is 2. The minimum Gasteiger partial charge on any atom is -0.383 e. The Balaban J connectivity index is 3.20. The predicted molar refractivity (Wildman–Crippen MR) is 43.1 cm³/mol. The Morgan fingerprint density at radius 1 is 1.54 bits per heavy atom. The molecule has 0 atom stereocenters. The van der Waals surface area contributed by atoms with Gasteiger partial charge in [0.1, 0.15) is 17.3 Å². The monoisotopic (exact) mass is 210 g/mol. The summed E-state index contributed by atoms with van der Waals surface area (Å²) in [6.45, 7) is 0. The van der Waals surface area contributed by atoms with E-state index in [2.05, 4.69) is 4.98 Å². The summed E-state index contributed by atoms with van der Waals surface area (Å²) in [4.78, 5) is 3.31. The van der Waals surface area contributed by atoms with Crippen molar-refractivity contribution in [3.8, 4) is 0 Å². The summed E-state index contributed by atoms with van der Waals surface area (Å²) in [7, 11) is 0. The number of nitrogen functional groups attached to an aromatic ring is 1. The number of pyridine rings is 1. The fourth-order valence-corrected chi connectivity index (χ4v) is 1.09. The van der Waals surface area contributed by atoms with Crippen molar-refractivity contribution in [1.82, 2.24) is 4.98 Å². The van der Waals surface area contributed by atoms with Gasteiger partial charge in [-0.15, -0.1) is 11.6 Å². The summed E-state index contributed by atoms with van der Waals surface area (Å²) >= 11 is 5.32. The molecule has 0 saturated carbocycles. The molecule has 1 heterocycles. The number of hydrogen-bond donors (Lipinski definition) is 1. The first-order chi connectivity index (χ1) is 6.06. The molecule has 0 bridgehead atoms. The Kier molecular flexibility index (Phi) is 2.98. The summed E-state index contributed by atoms with van der Waals surface area (Å²) in [5, 5.41) is 0. The van der Waals surface area contributed by atoms with Gasteiger partial charge in [0.25, 0.3) is 6.43 Å². The standard InChI is InChI=1S/C7H6ClF3N2/c8-2-3-4(9)1-5(6(10)11)13-7(3)12/h1,6H,2H2,(H2,12,13). The second-order valence-electron chi connectivity index (χ2n) is 2.33. The first-order valence-electron chi connectivity index (χ1n) is 3.35. The van der Waals surface area contributed by atoms with Gasteiger partial charge in [-0.25, -0.2) is 18.2 Å². The van der Waals surface area contributed by atoms with Gasteiger partial charge in [-0.2, -0.15) is 0 Å². The Labute approximate surface area is 77.5 Å². The van der Waals surface area contributed by atoms with E-state index in [0.29, 0.717) is 6.07 Å². The second kappa shape index (κ2) is 3.83. The first-order valence-corrected chi connectivity index (χ1v) is 3.88. The smallest absolute Gasteiger partial charge is 0.280 e. The van der Waals surface area contributed by atoms with Crippen molar-refractivity contribution in [2.45, 2.75) is 12.3 Å². The molecule has 13 heavy (non-hydrogen) atoms. The highest BCUT2D eigenvalue weighted by Gasteiger charge is 2.15. The van der Waals surface area contributed by atoms with E-state index in [1.54, 1.807) is 0 Å². The lowest BCUT2D eigenvalue weighted by Gasteiger charge is -2.05. The topological polar surface area (TPSA) is 38.9 Å². The van der Waals surface area contributed by atoms with Gasteiger partial charge in [-0.3, -0.25) is 0 Å². The SMILES string of the molecule is Nc1nc(C(F)F)cc(F)c1CCl. The van der Waals surface area contributed by atoms with Crippen molar-refractivity contribution >= 4 is 17.4 Å². The van der Waals surface area contributed by atoms with Crippen molar-refractivity contribution in [3.63, 3.8) is 0 Å². The maximum Gasteiger partial charge on any atom is 0.280 e. The van der Waals surface area contributed by atoms with Crippen LogP contribution in [0.25, 0.3) is 0 Å². The third-order valence-electron chi connectivity index (χ3n) is 1.48. The number of halogens is 4. The average molecular weight is 211 g/mol. The lowest BCUT2D eigenvalue weighted by atomic mass is 10.2. The molecule has 2 nitrogen and oxygen atoms in total. The predicted octanol–water partition coefficient (Wildman–Crippen LogP) is 2.48. The minimum atomic E-state index is -2.83. The highest BCUT2D eigenvalue weighted by molar-refractivity contribution is 6.17. The second-order valence-corrected chi connectivity index (χ2v) is 2.59. The molecule has 0 aromatic carbocycles. The zero-order valence-corrected chi connectivity index (χ0v) is 7.15. The fourth-order valence-electron chi connectivity index (χ4n) is 0.822. The van der Waals surface area contributed by atoms with Crippen LogP contribution in [0.3, 0.4) is 0 Å². The number of aromatic nitrogens is 1. The maximum atomic E-state index is 12.9. The molecule has 0 spiro atoms. The molecule has 1 aromatic rings. The van der Waals surface area contributed by atoms with E-state index in [-0.39, 0.29) is 17.3 Å². The van der Waals surface area contributed by atoms with Crippen LogP contribution in [-0.2, 0) is 5.88 Å². The van der Waals surface area contributed by atoms with Crippen LogP contribution >= 0.6 is 11.6 Å². The lowest BCUT2D eigenvalue weighted by molar-refractivity contribution is 0.145. The summed E-state index contributed by atoms with van der Waals surface area (Å²) in [5.41, 5.74) is 4.47. The molecule has 0 fully saturated rings. The minimum absolute atomic E-state index is 0.0499. The van der Waals surface area contributed by atoms with Gasteiger partial charge < -0.3 is 5.73 Å². The molecule has 0 aliphatic carbocycles. The summed E-state index contributed by atoms with van der Waals surface area (Å²) in [5.74, 6) is -1.32. The summed E-state index contributed by atoms with van der Waals surface area (Å²) < 4.78 is 37.0. The molecule has 0 aliphatic rings. The van der Waals surface area contributed by atoms with Gasteiger partial charge in [0, 0.05) is 11.6 Å². The highest BCUT2D eigenvalue weighted by atomic mass is 35.5. The van der Waals surface area contributed by atoms with Gasteiger partial charge in [0.15, 0.2) is 0 Å². The van der Waals surface area contributed by atoms with Crippen LogP contribution in [0.5, 0.6) is 0 Å². The molecular formula is C7H6ClF3N2. The van der Waals surface area contributed by atoms with Crippen LogP contribution in [0.4, 0.5) is 19.0 Å². The van der Waals surface area contributed by atoms with Crippen molar-refractivity contribution in [2.75, 3.05) is 5.73 Å². The number of nitrogens with two attached hydrogens (primary N) is 1. The maximum absolute atomic E-state index is 12.9. The number of rotatable bonds is 2. The number of nitrogens with zero attached hydrogens (tertiary/aromatic N) is 1. The van der Waals surface area contributed by atoms with Gasteiger partial charge in [0.05, 0.1) is 5.88 Å². The first kappa shape index (κ1) is 10.1. The van der Waals surface area contributed by atoms with Gasteiger partial charge in [0.2, 0.25) is 0 Å². The normalized spacial score (nSPS) is 10.8. The van der Waals surface area contributed by atoms with E-state index in [1.165, 1.54) is 0 Å². The quantitative estimate of drug-likeness (QED) is 0.762. The molecule has 2 N–H and O–H groups in total. The Hall–Kier alpha value is -0.970. The molecule has 1 rings (SSSR count). The van der Waals surface area contributed by atoms with Gasteiger partial charge in [-0.1, -0.05) is 0 Å². The number of alkyl halides is 3. The average Bonchev–Trinajstić information content (AvgIpc) is 2.03. The van der Waals surface area contributed by atoms with E-state index in [0.717, 1.165) is 0 Å². The summed E-state index contributed by atoms with van der Waals surface area (Å²) in [6, 6.07) is 0.638. The van der Waals surface area contributed by atoms with Crippen molar-refractivity contribution < 1.29 is 13.2 Å². The summed E-state index contributed by atoms with van der Waals surface area (Å²) in [6.07, 6.45) is -2.83. The van der Waals surface area contributed by atoms with Gasteiger partial charge in [-0.05, 0) is 0 Å². The van der Waals surface area contributed by atoms with Crippen LogP contribution in [0.2, 0.25) is 0 Å². The third kappa shape index (κ3) is 2.03. The van der Waals surface area contributed by atoms with Crippen molar-refractivity contribution in [2.24, 2.45) is 0 Å². The molecule has 0 radical (unpaired) electrons. The number of anilines is 1. The molecular weight excluding hydrogens is 205 g/mol. The lowest BCUT2D eigenvalue weighted by Crippen LogP contribution is -2.03. The zero-order valence-electron chi connectivity index (χ0n) is 6.40. The van der Waals surface area contributed by atoms with Crippen LogP contribution in [0.15, 0.2) is 6.07 Å².